The second-order valence-electron chi connectivity index (χ2n) is 14.7. The highest BCUT2D eigenvalue weighted by Gasteiger charge is 2.67. The van der Waals surface area contributed by atoms with Crippen LogP contribution < -0.4 is 20.9 Å². The molecule has 4 atom stereocenters. The summed E-state index contributed by atoms with van der Waals surface area (Å²) < 4.78 is 135. The SMILES string of the molecule is CNc1c(-n2c(C(Cc3cc(F)cc(F)c3)NC(=O)Cn3nc(C(F)F)c4c3C(F)(F)C3CC43)nc3cc(-c4c(F)cccc4F)ccc3c2=O)ccc(Cl)c1C(=N)N[S+](C)[O-]. The zero-order chi connectivity index (χ0) is 44.5. The zero-order valence-electron chi connectivity index (χ0n) is 32.1. The lowest BCUT2D eigenvalue weighted by Gasteiger charge is -2.25. The maximum atomic E-state index is 15.5. The molecule has 0 saturated heterocycles. The van der Waals surface area contributed by atoms with Crippen molar-refractivity contribution >= 4 is 51.3 Å². The van der Waals surface area contributed by atoms with Crippen molar-refractivity contribution in [2.24, 2.45) is 5.92 Å². The third-order valence-corrected chi connectivity index (χ3v) is 11.5. The van der Waals surface area contributed by atoms with Crippen LogP contribution in [0, 0.1) is 34.6 Å². The van der Waals surface area contributed by atoms with E-state index in [1.165, 1.54) is 43.6 Å². The molecule has 2 heterocycles. The Morgan fingerprint density at radius 2 is 1.74 bits per heavy atom. The van der Waals surface area contributed by atoms with E-state index in [9.17, 15) is 31.7 Å². The Hall–Kier alpha value is -5.99. The first kappa shape index (κ1) is 42.7. The summed E-state index contributed by atoms with van der Waals surface area (Å²) in [7, 11) is 1.41. The second kappa shape index (κ2) is 16.0. The van der Waals surface area contributed by atoms with Crippen LogP contribution in [0.15, 0.2) is 71.5 Å². The summed E-state index contributed by atoms with van der Waals surface area (Å²) >= 11 is 4.76. The maximum Gasteiger partial charge on any atom is 0.293 e. The molecule has 0 radical (unpaired) electrons. The van der Waals surface area contributed by atoms with Gasteiger partial charge >= 0.3 is 0 Å². The fraction of sp³-hybridized carbons (Fsp3) is 0.244. The Morgan fingerprint density at radius 3 is 2.39 bits per heavy atom. The quantitative estimate of drug-likeness (QED) is 0.0421. The van der Waals surface area contributed by atoms with Gasteiger partial charge in [-0.3, -0.25) is 24.2 Å². The number of halogens is 9. The first-order chi connectivity index (χ1) is 29.4. The van der Waals surface area contributed by atoms with E-state index in [-0.39, 0.29) is 56.0 Å². The summed E-state index contributed by atoms with van der Waals surface area (Å²) in [6, 6.07) is 10.3. The van der Waals surface area contributed by atoms with Gasteiger partial charge in [-0.2, -0.15) is 18.6 Å². The predicted molar refractivity (Wildman–Crippen MR) is 214 cm³/mol. The van der Waals surface area contributed by atoms with Crippen molar-refractivity contribution in [2.75, 3.05) is 18.6 Å². The van der Waals surface area contributed by atoms with Crippen molar-refractivity contribution < 1.29 is 44.5 Å². The number of carbonyl (C=O) groups is 1. The molecule has 2 aromatic heterocycles. The summed E-state index contributed by atoms with van der Waals surface area (Å²) in [5, 5.41) is 17.6. The third-order valence-electron chi connectivity index (χ3n) is 10.7. The summed E-state index contributed by atoms with van der Waals surface area (Å²) in [6.45, 7) is -1.05. The van der Waals surface area contributed by atoms with Gasteiger partial charge in [0.1, 0.15) is 53.3 Å². The molecule has 0 aliphatic heterocycles. The second-order valence-corrected chi connectivity index (χ2v) is 16.2. The number of nitrogens with zero attached hydrogens (tertiary/aromatic N) is 4. The van der Waals surface area contributed by atoms with E-state index in [0.29, 0.717) is 10.7 Å². The summed E-state index contributed by atoms with van der Waals surface area (Å²) in [6.07, 6.45) is -2.58. The number of rotatable bonds is 12. The Balaban J connectivity index is 1.35. The van der Waals surface area contributed by atoms with Crippen LogP contribution in [0.2, 0.25) is 5.02 Å². The van der Waals surface area contributed by atoms with E-state index >= 15 is 17.6 Å². The molecule has 6 aromatic rings. The number of fused-ring (bicyclic) bond motifs is 4. The highest BCUT2D eigenvalue weighted by Crippen LogP contribution is 2.68. The van der Waals surface area contributed by atoms with Gasteiger partial charge in [0.2, 0.25) is 5.91 Å². The van der Waals surface area contributed by atoms with Crippen LogP contribution in [0.4, 0.5) is 40.8 Å². The van der Waals surface area contributed by atoms with Gasteiger partial charge in [-0.05, 0) is 72.0 Å². The molecule has 322 valence electrons. The van der Waals surface area contributed by atoms with Gasteiger partial charge in [0.25, 0.3) is 17.9 Å². The number of amidine groups is 1. The zero-order valence-corrected chi connectivity index (χ0v) is 33.7. The standard InChI is InChI=1S/C41H31ClF8N8O3S/c1-52-34-29(9-8-24(42)33(34)38(51)56-62(2)61)58-39(54-27-13-18(6-7-21(27)40(58)60)31-25(45)4-3-5-26(31)46)28(12-17-10-19(43)14-20(44)11-17)53-30(59)16-57-36-32(35(55-57)37(47)48)22-15-23(22)41(36,49)50/h3-11,13-14,22-23,28,37,52H,12,15-16H2,1-2H3,(H2,51,56)(H,53,59). The van der Waals surface area contributed by atoms with Crippen LogP contribution in [0.25, 0.3) is 27.7 Å². The normalized spacial score (nSPS) is 17.1. The van der Waals surface area contributed by atoms with Crippen molar-refractivity contribution in [1.29, 1.82) is 5.41 Å². The van der Waals surface area contributed by atoms with E-state index in [2.05, 4.69) is 20.5 Å². The number of hydrogen-bond acceptors (Lipinski definition) is 7. The molecule has 1 fully saturated rings. The molecule has 2 aliphatic rings. The van der Waals surface area contributed by atoms with Crippen LogP contribution in [0.5, 0.6) is 0 Å². The minimum Gasteiger partial charge on any atom is -0.593 e. The molecule has 21 heteroatoms. The fourth-order valence-electron chi connectivity index (χ4n) is 8.17. The molecular weight excluding hydrogens is 872 g/mol. The maximum absolute atomic E-state index is 15.5. The lowest BCUT2D eigenvalue weighted by molar-refractivity contribution is -0.123. The number of hydrogen-bond donors (Lipinski definition) is 4. The third kappa shape index (κ3) is 7.53. The molecule has 4 unspecified atom stereocenters. The van der Waals surface area contributed by atoms with E-state index in [1.807, 2.05) is 0 Å². The predicted octanol–water partition coefficient (Wildman–Crippen LogP) is 7.96. The summed E-state index contributed by atoms with van der Waals surface area (Å²) in [5.74, 6) is -11.6. The number of benzene rings is 4. The van der Waals surface area contributed by atoms with Crippen LogP contribution in [0.3, 0.4) is 0 Å². The lowest BCUT2D eigenvalue weighted by Crippen LogP contribution is -2.38. The minimum atomic E-state index is -3.59. The molecule has 1 saturated carbocycles. The average Bonchev–Trinajstić information content (AvgIpc) is 3.85. The van der Waals surface area contributed by atoms with Gasteiger partial charge in [-0.1, -0.05) is 23.7 Å². The van der Waals surface area contributed by atoms with Crippen molar-refractivity contribution in [1.82, 2.24) is 29.4 Å². The van der Waals surface area contributed by atoms with Gasteiger partial charge in [0.15, 0.2) is 5.84 Å². The average molecular weight is 903 g/mol. The number of nitrogens with one attached hydrogen (secondary N) is 4. The number of amides is 1. The van der Waals surface area contributed by atoms with Crippen molar-refractivity contribution in [2.45, 2.75) is 43.7 Å². The highest BCUT2D eigenvalue weighted by atomic mass is 35.5. The van der Waals surface area contributed by atoms with Gasteiger partial charge in [0.05, 0.1) is 55.8 Å². The Bertz CT molecular complexity index is 2850. The molecule has 0 bridgehead atoms. The van der Waals surface area contributed by atoms with Crippen LogP contribution in [0.1, 0.15) is 58.7 Å². The minimum absolute atomic E-state index is 0.0238. The topological polar surface area (TPSA) is 153 Å². The number of anilines is 1. The first-order valence-electron chi connectivity index (χ1n) is 18.6. The number of alkyl halides is 4. The molecule has 2 aliphatic carbocycles. The number of aromatic nitrogens is 4. The summed E-state index contributed by atoms with van der Waals surface area (Å²) in [5.41, 5.74) is -3.95. The van der Waals surface area contributed by atoms with Gasteiger partial charge in [0, 0.05) is 31.0 Å². The van der Waals surface area contributed by atoms with E-state index in [4.69, 9.17) is 22.0 Å². The Labute approximate surface area is 353 Å². The molecule has 4 N–H and O–H groups in total. The lowest BCUT2D eigenvalue weighted by atomic mass is 10.0. The van der Waals surface area contributed by atoms with Gasteiger partial charge in [-0.15, -0.1) is 0 Å². The molecule has 0 spiro atoms. The molecular formula is C41H31ClF8N8O3S. The van der Waals surface area contributed by atoms with Crippen molar-refractivity contribution in [3.05, 3.63) is 139 Å². The van der Waals surface area contributed by atoms with Crippen molar-refractivity contribution in [3.63, 3.8) is 0 Å². The molecule has 4 aromatic carbocycles. The van der Waals surface area contributed by atoms with Gasteiger partial charge < -0.3 is 15.2 Å². The first-order valence-corrected chi connectivity index (χ1v) is 20.5. The monoisotopic (exact) mass is 902 g/mol. The molecule has 8 rings (SSSR count). The van der Waals surface area contributed by atoms with Crippen molar-refractivity contribution in [3.8, 4) is 16.8 Å². The van der Waals surface area contributed by atoms with Crippen LogP contribution >= 0.6 is 11.6 Å². The molecule has 62 heavy (non-hydrogen) atoms. The van der Waals surface area contributed by atoms with E-state index in [0.717, 1.165) is 34.9 Å². The summed E-state index contributed by atoms with van der Waals surface area (Å²) in [4.78, 5) is 33.7. The fourth-order valence-corrected chi connectivity index (χ4v) is 8.81. The number of carbonyl (C=O) groups excluding carboxylic acids is 1. The highest BCUT2D eigenvalue weighted by molar-refractivity contribution is 7.89. The van der Waals surface area contributed by atoms with Crippen LogP contribution in [-0.4, -0.2) is 48.9 Å². The Kier molecular flexibility index (Phi) is 11.0. The smallest absolute Gasteiger partial charge is 0.293 e. The van der Waals surface area contributed by atoms with Gasteiger partial charge in [-0.25, -0.2) is 31.3 Å². The Morgan fingerprint density at radius 1 is 1.05 bits per heavy atom. The van der Waals surface area contributed by atoms with E-state index in [1.54, 1.807) is 0 Å². The van der Waals surface area contributed by atoms with E-state index < -0.39 is 118 Å². The van der Waals surface area contributed by atoms with Crippen LogP contribution in [-0.2, 0) is 35.0 Å². The molecule has 1 amide bonds. The largest absolute Gasteiger partial charge is 0.593 e. The molecule has 11 nitrogen and oxygen atoms in total.